The summed E-state index contributed by atoms with van der Waals surface area (Å²) in [6.07, 6.45) is 6.55. The van der Waals surface area contributed by atoms with Gasteiger partial charge in [0.2, 0.25) is 5.84 Å². The summed E-state index contributed by atoms with van der Waals surface area (Å²) in [5.74, 6) is 0.678. The number of amidine groups is 1. The summed E-state index contributed by atoms with van der Waals surface area (Å²) in [5, 5.41) is 12.4. The molecule has 112 valence electrons. The third-order valence-electron chi connectivity index (χ3n) is 2.79. The predicted octanol–water partition coefficient (Wildman–Crippen LogP) is 3.43. The monoisotopic (exact) mass is 303 g/mol. The third-order valence-corrected chi connectivity index (χ3v) is 2.79. The van der Waals surface area contributed by atoms with Gasteiger partial charge in [-0.05, 0) is 30.3 Å². The highest BCUT2D eigenvalue weighted by atomic mass is 15.3. The van der Waals surface area contributed by atoms with Crippen molar-refractivity contribution in [3.63, 3.8) is 0 Å². The zero-order chi connectivity index (χ0) is 15.7. The summed E-state index contributed by atoms with van der Waals surface area (Å²) >= 11 is 0. The van der Waals surface area contributed by atoms with Crippen molar-refractivity contribution in [3.05, 3.63) is 78.9 Å². The Morgan fingerprint density at radius 1 is 0.826 bits per heavy atom. The lowest BCUT2D eigenvalue weighted by molar-refractivity contribution is 1.07. The van der Waals surface area contributed by atoms with E-state index in [0.717, 1.165) is 11.3 Å². The van der Waals surface area contributed by atoms with Gasteiger partial charge >= 0.3 is 0 Å². The van der Waals surface area contributed by atoms with Gasteiger partial charge in [-0.1, -0.05) is 18.2 Å². The molecule has 23 heavy (non-hydrogen) atoms. The van der Waals surface area contributed by atoms with Crippen molar-refractivity contribution in [3.8, 4) is 0 Å². The molecule has 1 N–H and O–H groups in total. The standard InChI is InChI=1S/C16H13N7/c1-2-5-14(6-3-1)20-21-15(13-7-11-17-12-8-13)22-23-16-18-9-4-10-19-16/h1-12,20H/b21-15-,23-22?. The molecule has 0 unspecified atom stereocenters. The van der Waals surface area contributed by atoms with Gasteiger partial charge in [-0.3, -0.25) is 10.4 Å². The zero-order valence-electron chi connectivity index (χ0n) is 12.1. The summed E-state index contributed by atoms with van der Waals surface area (Å²) in [6.45, 7) is 0. The van der Waals surface area contributed by atoms with Crippen LogP contribution >= 0.6 is 0 Å². The Labute approximate surface area is 132 Å². The van der Waals surface area contributed by atoms with E-state index < -0.39 is 0 Å². The Hall–Kier alpha value is -3.48. The minimum absolute atomic E-state index is 0.272. The van der Waals surface area contributed by atoms with Gasteiger partial charge < -0.3 is 0 Å². The molecule has 3 aromatic rings. The first-order chi connectivity index (χ1) is 11.4. The van der Waals surface area contributed by atoms with Gasteiger partial charge in [-0.15, -0.1) is 10.2 Å². The fourth-order valence-corrected chi connectivity index (χ4v) is 1.71. The average molecular weight is 303 g/mol. The molecule has 0 atom stereocenters. The van der Waals surface area contributed by atoms with Crippen LogP contribution in [0.3, 0.4) is 0 Å². The Kier molecular flexibility index (Phi) is 4.72. The van der Waals surface area contributed by atoms with E-state index in [1.807, 2.05) is 30.3 Å². The van der Waals surface area contributed by atoms with E-state index in [0.29, 0.717) is 5.84 Å². The summed E-state index contributed by atoms with van der Waals surface area (Å²) in [7, 11) is 0. The smallest absolute Gasteiger partial charge is 0.268 e. The molecule has 3 rings (SSSR count). The number of benzene rings is 1. The highest BCUT2D eigenvalue weighted by molar-refractivity contribution is 5.99. The lowest BCUT2D eigenvalue weighted by Crippen LogP contribution is -2.01. The number of aromatic nitrogens is 3. The van der Waals surface area contributed by atoms with Crippen LogP contribution in [0.1, 0.15) is 5.56 Å². The van der Waals surface area contributed by atoms with Crippen LogP contribution < -0.4 is 5.43 Å². The Morgan fingerprint density at radius 2 is 1.57 bits per heavy atom. The molecule has 0 saturated heterocycles. The minimum Gasteiger partial charge on any atom is -0.276 e. The molecule has 0 aliphatic carbocycles. The van der Waals surface area contributed by atoms with Crippen LogP contribution in [-0.2, 0) is 0 Å². The molecule has 0 radical (unpaired) electrons. The largest absolute Gasteiger partial charge is 0.276 e. The Morgan fingerprint density at radius 3 is 2.30 bits per heavy atom. The van der Waals surface area contributed by atoms with Crippen LogP contribution in [0.4, 0.5) is 11.6 Å². The number of pyridine rings is 1. The van der Waals surface area contributed by atoms with Crippen LogP contribution in [0.15, 0.2) is 88.6 Å². The number of hydrazone groups is 1. The second-order valence-corrected chi connectivity index (χ2v) is 4.40. The van der Waals surface area contributed by atoms with Crippen molar-refractivity contribution < 1.29 is 0 Å². The topological polar surface area (TPSA) is 87.8 Å². The van der Waals surface area contributed by atoms with Crippen molar-refractivity contribution in [2.75, 3.05) is 5.43 Å². The van der Waals surface area contributed by atoms with Gasteiger partial charge in [0.1, 0.15) is 0 Å². The highest BCUT2D eigenvalue weighted by Gasteiger charge is 2.03. The summed E-state index contributed by atoms with van der Waals surface area (Å²) in [6, 6.07) is 14.9. The van der Waals surface area contributed by atoms with Crippen molar-refractivity contribution in [1.29, 1.82) is 0 Å². The number of hydrogen-bond acceptors (Lipinski definition) is 6. The number of azo groups is 1. The van der Waals surface area contributed by atoms with Crippen molar-refractivity contribution in [1.82, 2.24) is 15.0 Å². The molecule has 1 aromatic carbocycles. The first kappa shape index (κ1) is 14.5. The number of anilines is 1. The maximum atomic E-state index is 4.30. The van der Waals surface area contributed by atoms with E-state index in [1.54, 1.807) is 43.0 Å². The summed E-state index contributed by atoms with van der Waals surface area (Å²) in [5.41, 5.74) is 4.59. The number of nitrogens with zero attached hydrogens (tertiary/aromatic N) is 6. The SMILES string of the molecule is c1ccc(N/N=C(\N=Nc2ncccn2)c2ccncc2)cc1. The van der Waals surface area contributed by atoms with Crippen LogP contribution in [0.25, 0.3) is 0 Å². The van der Waals surface area contributed by atoms with E-state index in [2.05, 4.69) is 35.7 Å². The third kappa shape index (κ3) is 4.24. The molecule has 2 aromatic heterocycles. The van der Waals surface area contributed by atoms with Gasteiger partial charge in [0, 0.05) is 30.4 Å². The number of para-hydroxylation sites is 1. The molecule has 0 aliphatic heterocycles. The van der Waals surface area contributed by atoms with Gasteiger partial charge in [-0.2, -0.15) is 5.10 Å². The van der Waals surface area contributed by atoms with Crippen LogP contribution in [0.2, 0.25) is 0 Å². The molecule has 2 heterocycles. The molecule has 7 heteroatoms. The molecule has 0 aliphatic rings. The number of hydrogen-bond donors (Lipinski definition) is 1. The molecule has 0 fully saturated rings. The molecular weight excluding hydrogens is 290 g/mol. The molecule has 0 spiro atoms. The maximum Gasteiger partial charge on any atom is 0.268 e. The van der Waals surface area contributed by atoms with Gasteiger partial charge in [0.25, 0.3) is 5.95 Å². The molecule has 0 saturated carbocycles. The summed E-state index contributed by atoms with van der Waals surface area (Å²) < 4.78 is 0. The normalized spacial score (nSPS) is 11.6. The van der Waals surface area contributed by atoms with E-state index in [-0.39, 0.29) is 5.95 Å². The van der Waals surface area contributed by atoms with Crippen LogP contribution in [0.5, 0.6) is 0 Å². The first-order valence-corrected chi connectivity index (χ1v) is 6.90. The molecular formula is C16H13N7. The molecule has 0 bridgehead atoms. The molecule has 0 amide bonds. The van der Waals surface area contributed by atoms with Gasteiger partial charge in [0.15, 0.2) is 0 Å². The lowest BCUT2D eigenvalue weighted by Gasteiger charge is -2.02. The van der Waals surface area contributed by atoms with Crippen LogP contribution in [0, 0.1) is 0 Å². The second kappa shape index (κ2) is 7.51. The molecule has 7 nitrogen and oxygen atoms in total. The Balaban J connectivity index is 1.86. The number of nitrogens with one attached hydrogen (secondary N) is 1. The van der Waals surface area contributed by atoms with Gasteiger partial charge in [-0.25, -0.2) is 9.97 Å². The predicted molar refractivity (Wildman–Crippen MR) is 87.4 cm³/mol. The van der Waals surface area contributed by atoms with E-state index >= 15 is 0 Å². The maximum absolute atomic E-state index is 4.30. The first-order valence-electron chi connectivity index (χ1n) is 6.90. The fraction of sp³-hybridized carbons (Fsp3) is 0. The van der Waals surface area contributed by atoms with E-state index in [4.69, 9.17) is 0 Å². The van der Waals surface area contributed by atoms with Crippen molar-refractivity contribution in [2.24, 2.45) is 15.3 Å². The average Bonchev–Trinajstić information content (AvgIpc) is 2.64. The number of rotatable bonds is 4. The quantitative estimate of drug-likeness (QED) is 0.346. The summed E-state index contributed by atoms with van der Waals surface area (Å²) in [4.78, 5) is 12.0. The fourth-order valence-electron chi connectivity index (χ4n) is 1.71. The zero-order valence-corrected chi connectivity index (χ0v) is 12.1. The van der Waals surface area contributed by atoms with Crippen LogP contribution in [-0.4, -0.2) is 20.8 Å². The highest BCUT2D eigenvalue weighted by Crippen LogP contribution is 2.09. The van der Waals surface area contributed by atoms with E-state index in [9.17, 15) is 0 Å². The minimum atomic E-state index is 0.272. The lowest BCUT2D eigenvalue weighted by atomic mass is 10.2. The Bertz CT molecular complexity index is 786. The van der Waals surface area contributed by atoms with Gasteiger partial charge in [0.05, 0.1) is 5.69 Å². The van der Waals surface area contributed by atoms with E-state index in [1.165, 1.54) is 0 Å². The van der Waals surface area contributed by atoms with Crippen molar-refractivity contribution in [2.45, 2.75) is 0 Å². The van der Waals surface area contributed by atoms with Crippen molar-refractivity contribution >= 4 is 17.5 Å². The second-order valence-electron chi connectivity index (χ2n) is 4.40.